The molecular formula is C30H34N4O3. The number of nitrogens with zero attached hydrogens (tertiary/aromatic N) is 4. The number of β-amino-alcohol motifs (C(OH)–C–C–N with tert-alkyl or cyclic N) is 1. The molecule has 0 spiro atoms. The van der Waals surface area contributed by atoms with E-state index in [1.807, 2.05) is 36.7 Å². The van der Waals surface area contributed by atoms with Crippen LogP contribution in [0.15, 0.2) is 54.9 Å². The number of benzene rings is 2. The molecular weight excluding hydrogens is 464 g/mol. The molecule has 7 nitrogen and oxygen atoms in total. The minimum absolute atomic E-state index is 0.0103. The van der Waals surface area contributed by atoms with E-state index >= 15 is 0 Å². The lowest BCUT2D eigenvalue weighted by Gasteiger charge is -2.34. The van der Waals surface area contributed by atoms with Crippen LogP contribution in [0.3, 0.4) is 0 Å². The highest BCUT2D eigenvalue weighted by molar-refractivity contribution is 5.95. The van der Waals surface area contributed by atoms with Crippen molar-refractivity contribution in [2.45, 2.75) is 51.2 Å². The van der Waals surface area contributed by atoms with Crippen molar-refractivity contribution in [1.82, 2.24) is 14.9 Å². The van der Waals surface area contributed by atoms with Gasteiger partial charge >= 0.3 is 0 Å². The van der Waals surface area contributed by atoms with Crippen molar-refractivity contribution in [3.8, 4) is 16.9 Å². The van der Waals surface area contributed by atoms with E-state index in [2.05, 4.69) is 40.0 Å². The van der Waals surface area contributed by atoms with Gasteiger partial charge in [0.15, 0.2) is 0 Å². The molecule has 7 heteroatoms. The Labute approximate surface area is 218 Å². The van der Waals surface area contributed by atoms with Gasteiger partial charge in [0.1, 0.15) is 11.9 Å². The van der Waals surface area contributed by atoms with Gasteiger partial charge < -0.3 is 19.6 Å². The zero-order valence-corrected chi connectivity index (χ0v) is 21.3. The van der Waals surface area contributed by atoms with Crippen LogP contribution in [-0.2, 0) is 12.8 Å². The fraction of sp³-hybridized carbons (Fsp3) is 0.433. The van der Waals surface area contributed by atoms with E-state index in [0.717, 1.165) is 61.6 Å². The molecule has 0 bridgehead atoms. The summed E-state index contributed by atoms with van der Waals surface area (Å²) in [6, 6.07) is 14.2. The number of aliphatic hydroxyl groups is 1. The third-order valence-electron chi connectivity index (χ3n) is 8.12. The molecule has 37 heavy (non-hydrogen) atoms. The molecule has 0 saturated carbocycles. The smallest absolute Gasteiger partial charge is 0.253 e. The Morgan fingerprint density at radius 1 is 1.00 bits per heavy atom. The number of hydrogen-bond acceptors (Lipinski definition) is 6. The van der Waals surface area contributed by atoms with Crippen LogP contribution in [0.5, 0.6) is 5.75 Å². The zero-order valence-electron chi connectivity index (χ0n) is 21.3. The topological polar surface area (TPSA) is 78.8 Å². The van der Waals surface area contributed by atoms with Gasteiger partial charge in [-0.05, 0) is 78.1 Å². The lowest BCUT2D eigenvalue weighted by molar-refractivity contribution is 0.0765. The predicted octanol–water partition coefficient (Wildman–Crippen LogP) is 4.13. The average molecular weight is 499 g/mol. The van der Waals surface area contributed by atoms with Gasteiger partial charge in [-0.2, -0.15) is 0 Å². The Morgan fingerprint density at radius 2 is 1.73 bits per heavy atom. The fourth-order valence-corrected chi connectivity index (χ4v) is 5.80. The highest BCUT2D eigenvalue weighted by Crippen LogP contribution is 2.38. The zero-order chi connectivity index (χ0) is 25.4. The van der Waals surface area contributed by atoms with Gasteiger partial charge in [-0.25, -0.2) is 9.97 Å². The number of hydrogen-bond donors (Lipinski definition) is 1. The van der Waals surface area contributed by atoms with Crippen molar-refractivity contribution in [3.05, 3.63) is 71.5 Å². The first-order chi connectivity index (χ1) is 18.1. The molecule has 3 aromatic rings. The van der Waals surface area contributed by atoms with E-state index in [9.17, 15) is 9.90 Å². The van der Waals surface area contributed by atoms with E-state index < -0.39 is 6.10 Å². The van der Waals surface area contributed by atoms with Crippen molar-refractivity contribution in [2.24, 2.45) is 5.92 Å². The van der Waals surface area contributed by atoms with Gasteiger partial charge in [0.2, 0.25) is 5.95 Å². The lowest BCUT2D eigenvalue weighted by atomic mass is 9.88. The third kappa shape index (κ3) is 4.92. The number of aliphatic hydroxyl groups excluding tert-OH is 1. The summed E-state index contributed by atoms with van der Waals surface area (Å²) in [5.41, 5.74) is 5.32. The van der Waals surface area contributed by atoms with Crippen molar-refractivity contribution in [3.63, 3.8) is 0 Å². The van der Waals surface area contributed by atoms with E-state index in [0.29, 0.717) is 31.0 Å². The highest BCUT2D eigenvalue weighted by atomic mass is 16.5. The quantitative estimate of drug-likeness (QED) is 0.570. The van der Waals surface area contributed by atoms with Crippen molar-refractivity contribution >= 4 is 11.9 Å². The first-order valence-electron chi connectivity index (χ1n) is 13.5. The van der Waals surface area contributed by atoms with Crippen molar-refractivity contribution in [2.75, 3.05) is 31.1 Å². The number of aryl methyl sites for hydroxylation is 1. The molecule has 6 rings (SSSR count). The molecule has 2 unspecified atom stereocenters. The summed E-state index contributed by atoms with van der Waals surface area (Å²) in [5, 5.41) is 9.73. The number of aromatic nitrogens is 2. The number of anilines is 1. The summed E-state index contributed by atoms with van der Waals surface area (Å²) in [5.74, 6) is 2.34. The second-order valence-corrected chi connectivity index (χ2v) is 10.5. The van der Waals surface area contributed by atoms with Gasteiger partial charge in [-0.3, -0.25) is 4.79 Å². The molecule has 1 aromatic heterocycles. The summed E-state index contributed by atoms with van der Waals surface area (Å²) < 4.78 is 6.40. The normalized spacial score (nSPS) is 21.7. The predicted molar refractivity (Wildman–Crippen MR) is 143 cm³/mol. The summed E-state index contributed by atoms with van der Waals surface area (Å²) in [7, 11) is 0. The van der Waals surface area contributed by atoms with Gasteiger partial charge in [0.05, 0.1) is 6.10 Å². The number of amides is 1. The molecule has 192 valence electrons. The molecule has 0 radical (unpaired) electrons. The first kappa shape index (κ1) is 23.9. The van der Waals surface area contributed by atoms with E-state index in [1.165, 1.54) is 11.1 Å². The minimum Gasteiger partial charge on any atom is -0.490 e. The molecule has 2 aromatic carbocycles. The molecule has 4 heterocycles. The van der Waals surface area contributed by atoms with E-state index in [1.54, 1.807) is 4.90 Å². The second-order valence-electron chi connectivity index (χ2n) is 10.5. The van der Waals surface area contributed by atoms with Crippen LogP contribution in [0.25, 0.3) is 11.1 Å². The minimum atomic E-state index is -0.403. The fourth-order valence-electron chi connectivity index (χ4n) is 5.80. The maximum absolute atomic E-state index is 12.7. The largest absolute Gasteiger partial charge is 0.490 e. The summed E-state index contributed by atoms with van der Waals surface area (Å²) in [6.45, 7) is 5.07. The van der Waals surface area contributed by atoms with Gasteiger partial charge in [0.25, 0.3) is 5.91 Å². The standard InChI is InChI=1S/C30H34N4O3/c1-2-20-17-31-30(32-18-20)33-12-9-22(10-13-33)28-16-25-15-24(7-8-27(25)37-28)21-3-5-23(6-4-21)29(36)34-14-11-26(35)19-34/h3-8,15,17-18,22,26,28,35H,2,9-14,16,19H2,1H3. The Hall–Kier alpha value is -3.45. The van der Waals surface area contributed by atoms with Crippen LogP contribution in [0, 0.1) is 5.92 Å². The van der Waals surface area contributed by atoms with Crippen LogP contribution in [0.4, 0.5) is 5.95 Å². The third-order valence-corrected chi connectivity index (χ3v) is 8.12. The van der Waals surface area contributed by atoms with Crippen LogP contribution >= 0.6 is 0 Å². The van der Waals surface area contributed by atoms with Crippen LogP contribution < -0.4 is 9.64 Å². The number of likely N-dealkylation sites (tertiary alicyclic amines) is 1. The molecule has 2 atom stereocenters. The number of fused-ring (bicyclic) bond motifs is 1. The van der Waals surface area contributed by atoms with Crippen LogP contribution in [0.1, 0.15) is 47.7 Å². The van der Waals surface area contributed by atoms with Crippen LogP contribution in [0.2, 0.25) is 0 Å². The number of carbonyl (C=O) groups excluding carboxylic acids is 1. The maximum atomic E-state index is 12.7. The van der Waals surface area contributed by atoms with E-state index in [-0.39, 0.29) is 12.0 Å². The van der Waals surface area contributed by atoms with E-state index in [4.69, 9.17) is 4.74 Å². The number of rotatable bonds is 5. The molecule has 0 aliphatic carbocycles. The monoisotopic (exact) mass is 498 g/mol. The Bertz CT molecular complexity index is 1250. The number of carbonyl (C=O) groups is 1. The molecule has 2 fully saturated rings. The van der Waals surface area contributed by atoms with Crippen molar-refractivity contribution < 1.29 is 14.6 Å². The number of ether oxygens (including phenoxy) is 1. The molecule has 3 aliphatic rings. The number of piperidine rings is 1. The average Bonchev–Trinajstić information content (AvgIpc) is 3.59. The summed E-state index contributed by atoms with van der Waals surface area (Å²) in [4.78, 5) is 25.8. The molecule has 1 N–H and O–H groups in total. The van der Waals surface area contributed by atoms with Gasteiger partial charge in [0, 0.05) is 50.6 Å². The van der Waals surface area contributed by atoms with Gasteiger partial charge in [-0.1, -0.05) is 25.1 Å². The Balaban J connectivity index is 1.07. The molecule has 2 saturated heterocycles. The molecule has 3 aliphatic heterocycles. The lowest BCUT2D eigenvalue weighted by Crippen LogP contribution is -2.40. The molecule has 1 amide bonds. The summed E-state index contributed by atoms with van der Waals surface area (Å²) >= 11 is 0. The maximum Gasteiger partial charge on any atom is 0.253 e. The van der Waals surface area contributed by atoms with Crippen LogP contribution in [-0.4, -0.2) is 64.3 Å². The Morgan fingerprint density at radius 3 is 2.41 bits per heavy atom. The highest BCUT2D eigenvalue weighted by Gasteiger charge is 2.33. The Kier molecular flexibility index (Phi) is 6.55. The second kappa shape index (κ2) is 10.1. The SMILES string of the molecule is CCc1cnc(N2CCC(C3Cc4cc(-c5ccc(C(=O)N6CCC(O)C6)cc5)ccc4O3)CC2)nc1. The first-order valence-corrected chi connectivity index (χ1v) is 13.5. The van der Waals surface area contributed by atoms with Gasteiger partial charge in [-0.15, -0.1) is 0 Å². The van der Waals surface area contributed by atoms with Crippen molar-refractivity contribution in [1.29, 1.82) is 0 Å². The summed E-state index contributed by atoms with van der Waals surface area (Å²) in [6.07, 6.45) is 8.39.